The minimum atomic E-state index is 0.175. The largest absolute Gasteiger partial charge is 0.395 e. The highest BCUT2D eigenvalue weighted by Gasteiger charge is 2.17. The van der Waals surface area contributed by atoms with E-state index in [0.717, 1.165) is 37.6 Å². The lowest BCUT2D eigenvalue weighted by Gasteiger charge is -2.20. The van der Waals surface area contributed by atoms with E-state index in [1.165, 1.54) is 0 Å². The smallest absolute Gasteiger partial charge is 0.0898 e. The zero-order chi connectivity index (χ0) is 16.8. The first-order chi connectivity index (χ1) is 11.8. The van der Waals surface area contributed by atoms with Gasteiger partial charge < -0.3 is 24.9 Å². The Morgan fingerprint density at radius 2 is 1.71 bits per heavy atom. The van der Waals surface area contributed by atoms with Gasteiger partial charge in [0.15, 0.2) is 0 Å². The van der Waals surface area contributed by atoms with Crippen LogP contribution in [0.25, 0.3) is 0 Å². The third-order valence-corrected chi connectivity index (χ3v) is 4.36. The van der Waals surface area contributed by atoms with E-state index in [2.05, 4.69) is 51.4 Å². The Morgan fingerprint density at radius 1 is 0.958 bits per heavy atom. The number of hydrogen-bond acceptors (Lipinski definition) is 6. The second-order valence-electron chi connectivity index (χ2n) is 6.37. The van der Waals surface area contributed by atoms with Gasteiger partial charge in [0.2, 0.25) is 0 Å². The summed E-state index contributed by atoms with van der Waals surface area (Å²) in [7, 11) is 0. The normalized spacial score (nSPS) is 19.8. The summed E-state index contributed by atoms with van der Waals surface area (Å²) in [6.45, 7) is 4.27. The summed E-state index contributed by atoms with van der Waals surface area (Å²) in [5.41, 5.74) is 2.18. The Kier molecular flexibility index (Phi) is 5.72. The Labute approximate surface area is 143 Å². The third-order valence-electron chi connectivity index (χ3n) is 4.36. The molecule has 1 aromatic rings. The van der Waals surface area contributed by atoms with Crippen molar-refractivity contribution in [1.29, 1.82) is 0 Å². The number of aromatic nitrogens is 1. The quantitative estimate of drug-likeness (QED) is 0.728. The van der Waals surface area contributed by atoms with Crippen molar-refractivity contribution in [3.63, 3.8) is 0 Å². The van der Waals surface area contributed by atoms with Crippen LogP contribution in [0.4, 0.5) is 0 Å². The van der Waals surface area contributed by atoms with E-state index >= 15 is 0 Å². The van der Waals surface area contributed by atoms with E-state index in [4.69, 9.17) is 15.2 Å². The van der Waals surface area contributed by atoms with Crippen molar-refractivity contribution in [3.8, 4) is 0 Å². The number of aliphatic hydroxyl groups is 2. The maximum atomic E-state index is 9.01. The second kappa shape index (κ2) is 8.17. The van der Waals surface area contributed by atoms with E-state index < -0.39 is 0 Å². The van der Waals surface area contributed by atoms with Gasteiger partial charge in [-0.3, -0.25) is 4.98 Å². The molecule has 1 aromatic heterocycles. The molecule has 0 aliphatic carbocycles. The van der Waals surface area contributed by atoms with Crippen LogP contribution < -0.4 is 0 Å². The molecular weight excluding hydrogens is 304 g/mol. The highest BCUT2D eigenvalue weighted by Crippen LogP contribution is 2.17. The van der Waals surface area contributed by atoms with Gasteiger partial charge in [0.1, 0.15) is 0 Å². The van der Waals surface area contributed by atoms with Crippen LogP contribution in [-0.2, 0) is 13.0 Å². The van der Waals surface area contributed by atoms with Crippen molar-refractivity contribution in [1.82, 2.24) is 19.7 Å². The van der Waals surface area contributed by atoms with E-state index in [9.17, 15) is 0 Å². The average molecular weight is 330 g/mol. The van der Waals surface area contributed by atoms with Crippen LogP contribution in [0.5, 0.6) is 0 Å². The molecule has 0 fully saturated rings. The molecule has 3 rings (SSSR count). The maximum Gasteiger partial charge on any atom is 0.0898 e. The number of hydrogen-bond donors (Lipinski definition) is 2. The van der Waals surface area contributed by atoms with Crippen molar-refractivity contribution < 1.29 is 10.2 Å². The highest BCUT2D eigenvalue weighted by molar-refractivity contribution is 5.14. The molecule has 0 spiro atoms. The fourth-order valence-electron chi connectivity index (χ4n) is 3.19. The number of rotatable bonds is 8. The molecule has 1 unspecified atom stereocenters. The fraction of sp³-hybridized carbons (Fsp3) is 0.500. The first-order valence-electron chi connectivity index (χ1n) is 8.52. The standard InChI is InChI=1S/C18H26N4O2/c23-10-8-20-5-4-16(13-20)12-17-2-1-3-18(19-17)14-22-7-6-21(15-22)9-11-24/h1-7,16,23-24H,8-15H2. The van der Waals surface area contributed by atoms with Crippen LogP contribution in [0.1, 0.15) is 11.4 Å². The minimum absolute atomic E-state index is 0.175. The Balaban J connectivity index is 1.52. The van der Waals surface area contributed by atoms with Gasteiger partial charge in [-0.25, -0.2) is 0 Å². The Hall–Kier alpha value is -2.05. The third kappa shape index (κ3) is 4.49. The number of aliphatic hydroxyl groups excluding tert-OH is 2. The van der Waals surface area contributed by atoms with Crippen LogP contribution in [-0.4, -0.2) is 69.4 Å². The van der Waals surface area contributed by atoms with Crippen molar-refractivity contribution in [3.05, 3.63) is 54.3 Å². The second-order valence-corrected chi connectivity index (χ2v) is 6.37. The highest BCUT2D eigenvalue weighted by atomic mass is 16.3. The Bertz CT molecular complexity index is 543. The predicted molar refractivity (Wildman–Crippen MR) is 92.6 cm³/mol. The molecule has 0 saturated carbocycles. The molecule has 0 saturated heterocycles. The molecule has 24 heavy (non-hydrogen) atoms. The maximum absolute atomic E-state index is 9.01. The van der Waals surface area contributed by atoms with Crippen molar-refractivity contribution in [2.75, 3.05) is 39.5 Å². The van der Waals surface area contributed by atoms with E-state index in [1.807, 2.05) is 6.20 Å². The topological polar surface area (TPSA) is 63.1 Å². The molecule has 2 aliphatic heterocycles. The molecule has 0 radical (unpaired) electrons. The van der Waals surface area contributed by atoms with Gasteiger partial charge in [-0.05, 0) is 24.8 Å². The lowest BCUT2D eigenvalue weighted by atomic mass is 10.0. The van der Waals surface area contributed by atoms with E-state index in [-0.39, 0.29) is 13.2 Å². The summed E-state index contributed by atoms with van der Waals surface area (Å²) in [4.78, 5) is 11.2. The zero-order valence-electron chi connectivity index (χ0n) is 14.0. The number of β-amino-alcohol motifs (C(OH)–C–C–N with tert-alkyl or cyclic N) is 2. The predicted octanol–water partition coefficient (Wildman–Crippen LogP) is 0.600. The summed E-state index contributed by atoms with van der Waals surface area (Å²) in [5, 5.41) is 18.0. The molecule has 6 heteroatoms. The molecule has 0 bridgehead atoms. The molecule has 0 aromatic carbocycles. The molecule has 3 heterocycles. The summed E-state index contributed by atoms with van der Waals surface area (Å²) < 4.78 is 0. The van der Waals surface area contributed by atoms with Crippen molar-refractivity contribution in [2.45, 2.75) is 13.0 Å². The molecule has 0 amide bonds. The molecule has 2 aliphatic rings. The first-order valence-corrected chi connectivity index (χ1v) is 8.52. The van der Waals surface area contributed by atoms with Crippen LogP contribution >= 0.6 is 0 Å². The molecule has 6 nitrogen and oxygen atoms in total. The fourth-order valence-corrected chi connectivity index (χ4v) is 3.19. The zero-order valence-corrected chi connectivity index (χ0v) is 14.0. The van der Waals surface area contributed by atoms with Crippen molar-refractivity contribution >= 4 is 0 Å². The van der Waals surface area contributed by atoms with Gasteiger partial charge in [0.05, 0.1) is 32.1 Å². The SMILES string of the molecule is OCCN1C=CC(Cc2cccc(CN3C=CN(CCO)C3)n2)C1. The van der Waals surface area contributed by atoms with Gasteiger partial charge in [-0.1, -0.05) is 12.1 Å². The molecule has 1 atom stereocenters. The van der Waals surface area contributed by atoms with Crippen LogP contribution in [0.15, 0.2) is 42.9 Å². The summed E-state index contributed by atoms with van der Waals surface area (Å²) >= 11 is 0. The monoisotopic (exact) mass is 330 g/mol. The molecular formula is C18H26N4O2. The van der Waals surface area contributed by atoms with Crippen molar-refractivity contribution in [2.24, 2.45) is 5.92 Å². The minimum Gasteiger partial charge on any atom is -0.395 e. The van der Waals surface area contributed by atoms with Gasteiger partial charge >= 0.3 is 0 Å². The van der Waals surface area contributed by atoms with Crippen LogP contribution in [0.2, 0.25) is 0 Å². The summed E-state index contributed by atoms with van der Waals surface area (Å²) in [5.74, 6) is 0.464. The van der Waals surface area contributed by atoms with Crippen LogP contribution in [0, 0.1) is 5.92 Å². The Morgan fingerprint density at radius 3 is 2.54 bits per heavy atom. The average Bonchev–Trinajstić information content (AvgIpc) is 3.18. The van der Waals surface area contributed by atoms with Gasteiger partial charge in [-0.15, -0.1) is 0 Å². The number of nitrogens with zero attached hydrogens (tertiary/aromatic N) is 4. The van der Waals surface area contributed by atoms with Gasteiger partial charge in [0.25, 0.3) is 0 Å². The van der Waals surface area contributed by atoms with E-state index in [0.29, 0.717) is 19.0 Å². The summed E-state index contributed by atoms with van der Waals surface area (Å²) in [6.07, 6.45) is 9.28. The molecule has 2 N–H and O–H groups in total. The van der Waals surface area contributed by atoms with Crippen LogP contribution in [0.3, 0.4) is 0 Å². The van der Waals surface area contributed by atoms with Gasteiger partial charge in [0, 0.05) is 43.6 Å². The lowest BCUT2D eigenvalue weighted by molar-refractivity contribution is 0.202. The number of pyridine rings is 1. The van der Waals surface area contributed by atoms with E-state index in [1.54, 1.807) is 0 Å². The lowest BCUT2D eigenvalue weighted by Crippen LogP contribution is -2.27. The summed E-state index contributed by atoms with van der Waals surface area (Å²) in [6, 6.07) is 6.23. The first kappa shape index (κ1) is 16.8. The molecule has 130 valence electrons. The van der Waals surface area contributed by atoms with Gasteiger partial charge in [-0.2, -0.15) is 0 Å².